The van der Waals surface area contributed by atoms with Crippen molar-refractivity contribution < 1.29 is 4.79 Å². The first kappa shape index (κ1) is 12.3. The molecule has 1 saturated heterocycles. The minimum absolute atomic E-state index is 0.0111. The van der Waals surface area contributed by atoms with Crippen LogP contribution in [-0.2, 0) is 0 Å². The quantitative estimate of drug-likeness (QED) is 0.873. The van der Waals surface area contributed by atoms with Gasteiger partial charge in [0.1, 0.15) is 0 Å². The summed E-state index contributed by atoms with van der Waals surface area (Å²) in [6.45, 7) is 3.73. The minimum atomic E-state index is -0.181. The molecule has 2 aromatic heterocycles. The smallest absolute Gasteiger partial charge is 0.273 e. The summed E-state index contributed by atoms with van der Waals surface area (Å²) in [6, 6.07) is 4.29. The Labute approximate surface area is 114 Å². The average Bonchev–Trinajstić information content (AvgIpc) is 2.97. The average molecular weight is 277 g/mol. The van der Waals surface area contributed by atoms with Crippen LogP contribution in [0, 0.1) is 0 Å². The van der Waals surface area contributed by atoms with Gasteiger partial charge >= 0.3 is 0 Å². The van der Waals surface area contributed by atoms with Crippen LogP contribution in [0.5, 0.6) is 0 Å². The van der Waals surface area contributed by atoms with Gasteiger partial charge in [-0.3, -0.25) is 4.79 Å². The molecule has 1 atom stereocenters. The normalized spacial score (nSPS) is 16.9. The van der Waals surface area contributed by atoms with Crippen LogP contribution in [0.25, 0.3) is 0 Å². The standard InChI is InChI=1S/C12H15N5OS/c1-8(11-3-2-4-19-11)14-12(18)10-7-17(16-15-10)9-5-13-6-9/h2-4,7-9,13H,5-6H2,1H3,(H,14,18)/t8-/m1/s1. The Balaban J connectivity index is 1.65. The molecular formula is C12H15N5OS. The van der Waals surface area contributed by atoms with Crippen molar-refractivity contribution in [3.05, 3.63) is 34.3 Å². The van der Waals surface area contributed by atoms with Gasteiger partial charge in [0.05, 0.1) is 18.3 Å². The van der Waals surface area contributed by atoms with Gasteiger partial charge in [-0.05, 0) is 18.4 Å². The summed E-state index contributed by atoms with van der Waals surface area (Å²) in [4.78, 5) is 13.2. The van der Waals surface area contributed by atoms with Crippen molar-refractivity contribution >= 4 is 17.2 Å². The Morgan fingerprint density at radius 2 is 2.47 bits per heavy atom. The summed E-state index contributed by atoms with van der Waals surface area (Å²) in [5.74, 6) is -0.181. The molecule has 0 radical (unpaired) electrons. The Bertz CT molecular complexity index is 560. The van der Waals surface area contributed by atoms with E-state index in [0.717, 1.165) is 18.0 Å². The van der Waals surface area contributed by atoms with E-state index in [1.807, 2.05) is 24.4 Å². The molecule has 19 heavy (non-hydrogen) atoms. The number of carbonyl (C=O) groups excluding carboxylic acids is 1. The lowest BCUT2D eigenvalue weighted by Crippen LogP contribution is -2.43. The van der Waals surface area contributed by atoms with Gasteiger partial charge in [-0.15, -0.1) is 16.4 Å². The molecule has 2 aromatic rings. The Hall–Kier alpha value is -1.73. The molecule has 1 aliphatic rings. The lowest BCUT2D eigenvalue weighted by atomic mass is 10.2. The van der Waals surface area contributed by atoms with Gasteiger partial charge in [-0.25, -0.2) is 4.68 Å². The van der Waals surface area contributed by atoms with Crippen molar-refractivity contribution in [2.75, 3.05) is 13.1 Å². The fourth-order valence-corrected chi connectivity index (χ4v) is 2.63. The van der Waals surface area contributed by atoms with Crippen LogP contribution in [0.3, 0.4) is 0 Å². The van der Waals surface area contributed by atoms with Gasteiger partial charge in [-0.1, -0.05) is 11.3 Å². The number of thiophene rings is 1. The van der Waals surface area contributed by atoms with E-state index in [9.17, 15) is 4.79 Å². The maximum Gasteiger partial charge on any atom is 0.273 e. The molecule has 0 spiro atoms. The zero-order valence-electron chi connectivity index (χ0n) is 10.5. The fraction of sp³-hybridized carbons (Fsp3) is 0.417. The molecule has 0 aromatic carbocycles. The first-order chi connectivity index (χ1) is 9.24. The van der Waals surface area contributed by atoms with E-state index < -0.39 is 0 Å². The molecular weight excluding hydrogens is 262 g/mol. The highest BCUT2D eigenvalue weighted by molar-refractivity contribution is 7.10. The first-order valence-corrected chi connectivity index (χ1v) is 7.09. The van der Waals surface area contributed by atoms with Gasteiger partial charge in [0.15, 0.2) is 5.69 Å². The predicted molar refractivity (Wildman–Crippen MR) is 72.1 cm³/mol. The maximum atomic E-state index is 12.1. The van der Waals surface area contributed by atoms with E-state index in [4.69, 9.17) is 0 Å². The second-order valence-corrected chi connectivity index (χ2v) is 5.59. The van der Waals surface area contributed by atoms with Crippen LogP contribution in [0.2, 0.25) is 0 Å². The van der Waals surface area contributed by atoms with Crippen LogP contribution >= 0.6 is 11.3 Å². The largest absolute Gasteiger partial charge is 0.343 e. The van der Waals surface area contributed by atoms with Crippen molar-refractivity contribution in [3.8, 4) is 0 Å². The number of nitrogens with zero attached hydrogens (tertiary/aromatic N) is 3. The number of rotatable bonds is 4. The summed E-state index contributed by atoms with van der Waals surface area (Å²) < 4.78 is 1.75. The molecule has 0 unspecified atom stereocenters. The second-order valence-electron chi connectivity index (χ2n) is 4.61. The molecule has 3 rings (SSSR count). The van der Waals surface area contributed by atoms with E-state index in [-0.39, 0.29) is 11.9 Å². The number of hydrogen-bond acceptors (Lipinski definition) is 5. The maximum absolute atomic E-state index is 12.1. The van der Waals surface area contributed by atoms with Crippen molar-refractivity contribution in [2.24, 2.45) is 0 Å². The number of amides is 1. The molecule has 1 amide bonds. The Morgan fingerprint density at radius 3 is 3.11 bits per heavy atom. The van der Waals surface area contributed by atoms with E-state index in [0.29, 0.717) is 11.7 Å². The lowest BCUT2D eigenvalue weighted by Gasteiger charge is -2.26. The number of carbonyl (C=O) groups is 1. The first-order valence-electron chi connectivity index (χ1n) is 6.21. The van der Waals surface area contributed by atoms with Gasteiger partial charge < -0.3 is 10.6 Å². The lowest BCUT2D eigenvalue weighted by molar-refractivity contribution is 0.0935. The highest BCUT2D eigenvalue weighted by atomic mass is 32.1. The van der Waals surface area contributed by atoms with Crippen LogP contribution in [-0.4, -0.2) is 34.0 Å². The van der Waals surface area contributed by atoms with Crippen molar-refractivity contribution in [1.82, 2.24) is 25.6 Å². The molecule has 0 saturated carbocycles. The van der Waals surface area contributed by atoms with Gasteiger partial charge in [-0.2, -0.15) is 0 Å². The summed E-state index contributed by atoms with van der Waals surface area (Å²) in [5, 5.41) is 16.0. The zero-order chi connectivity index (χ0) is 13.2. The summed E-state index contributed by atoms with van der Waals surface area (Å²) in [5.41, 5.74) is 0.371. The highest BCUT2D eigenvalue weighted by Gasteiger charge is 2.22. The van der Waals surface area contributed by atoms with E-state index in [1.165, 1.54) is 0 Å². The second kappa shape index (κ2) is 5.10. The summed E-state index contributed by atoms with van der Waals surface area (Å²) in [6.07, 6.45) is 1.71. The van der Waals surface area contributed by atoms with Crippen molar-refractivity contribution in [2.45, 2.75) is 19.0 Å². The third-order valence-corrected chi connectivity index (χ3v) is 4.25. The molecule has 6 nitrogen and oxygen atoms in total. The third-order valence-electron chi connectivity index (χ3n) is 3.19. The van der Waals surface area contributed by atoms with Crippen LogP contribution in [0.1, 0.15) is 34.4 Å². The highest BCUT2D eigenvalue weighted by Crippen LogP contribution is 2.18. The third kappa shape index (κ3) is 2.52. The van der Waals surface area contributed by atoms with Crippen molar-refractivity contribution in [3.63, 3.8) is 0 Å². The topological polar surface area (TPSA) is 71.8 Å². The zero-order valence-corrected chi connectivity index (χ0v) is 11.4. The Morgan fingerprint density at radius 1 is 1.63 bits per heavy atom. The van der Waals surface area contributed by atoms with Crippen LogP contribution < -0.4 is 10.6 Å². The predicted octanol–water partition coefficient (Wildman–Crippen LogP) is 0.975. The van der Waals surface area contributed by atoms with Gasteiger partial charge in [0.25, 0.3) is 5.91 Å². The molecule has 2 N–H and O–H groups in total. The molecule has 100 valence electrons. The molecule has 7 heteroatoms. The van der Waals surface area contributed by atoms with Crippen molar-refractivity contribution in [1.29, 1.82) is 0 Å². The molecule has 1 fully saturated rings. The SMILES string of the molecule is C[C@@H](NC(=O)c1cn(C2CNC2)nn1)c1cccs1. The van der Waals surface area contributed by atoms with E-state index in [2.05, 4.69) is 20.9 Å². The van der Waals surface area contributed by atoms with Gasteiger partial charge in [0, 0.05) is 18.0 Å². The Kier molecular flexibility index (Phi) is 3.31. The minimum Gasteiger partial charge on any atom is -0.343 e. The van der Waals surface area contributed by atoms with Crippen LogP contribution in [0.15, 0.2) is 23.7 Å². The van der Waals surface area contributed by atoms with E-state index >= 15 is 0 Å². The fourth-order valence-electron chi connectivity index (χ4n) is 1.90. The van der Waals surface area contributed by atoms with Gasteiger partial charge in [0.2, 0.25) is 0 Å². The molecule has 3 heterocycles. The molecule has 0 aliphatic carbocycles. The van der Waals surface area contributed by atoms with Crippen LogP contribution in [0.4, 0.5) is 0 Å². The molecule has 0 bridgehead atoms. The summed E-state index contributed by atoms with van der Waals surface area (Å²) >= 11 is 1.63. The number of nitrogens with one attached hydrogen (secondary N) is 2. The molecule has 1 aliphatic heterocycles. The number of aromatic nitrogens is 3. The van der Waals surface area contributed by atoms with E-state index in [1.54, 1.807) is 22.2 Å². The number of hydrogen-bond donors (Lipinski definition) is 2. The summed E-state index contributed by atoms with van der Waals surface area (Å²) in [7, 11) is 0. The monoisotopic (exact) mass is 277 g/mol.